The minimum Gasteiger partial charge on any atom is -0.318 e. The molecule has 0 radical (unpaired) electrons. The van der Waals surface area contributed by atoms with Crippen LogP contribution in [0.3, 0.4) is 0 Å². The van der Waals surface area contributed by atoms with Gasteiger partial charge < -0.3 is 4.90 Å². The summed E-state index contributed by atoms with van der Waals surface area (Å²) in [7, 11) is -3.12. The lowest BCUT2D eigenvalue weighted by molar-refractivity contribution is -0.129. The van der Waals surface area contributed by atoms with Crippen molar-refractivity contribution in [2.24, 2.45) is 0 Å². The van der Waals surface area contributed by atoms with E-state index in [1.165, 1.54) is 11.8 Å². The molecule has 6 heteroatoms. The molecule has 2 atom stereocenters. The molecule has 1 aliphatic heterocycles. The van der Waals surface area contributed by atoms with Crippen LogP contribution >= 0.6 is 0 Å². The predicted octanol–water partition coefficient (Wildman–Crippen LogP) is 1.11. The van der Waals surface area contributed by atoms with Gasteiger partial charge in [0, 0.05) is 12.3 Å². The third kappa shape index (κ3) is 3.83. The number of hydrogen-bond acceptors (Lipinski definition) is 4. The van der Waals surface area contributed by atoms with E-state index >= 15 is 0 Å². The van der Waals surface area contributed by atoms with Gasteiger partial charge in [-0.1, -0.05) is 31.2 Å². The number of nitrogens with zero attached hydrogens (tertiary/aromatic N) is 1. The van der Waals surface area contributed by atoms with E-state index < -0.39 is 9.84 Å². The Morgan fingerprint density at radius 2 is 1.95 bits per heavy atom. The van der Waals surface area contributed by atoms with E-state index in [9.17, 15) is 13.2 Å². The molecule has 1 fully saturated rings. The molecule has 0 bridgehead atoms. The minimum atomic E-state index is -3.12. The third-order valence-electron chi connectivity index (χ3n) is 3.74. The molecule has 21 heavy (non-hydrogen) atoms. The first-order valence-electron chi connectivity index (χ1n) is 7.13. The summed E-state index contributed by atoms with van der Waals surface area (Å²) in [6.07, 6.45) is 1.91. The molecule has 0 aromatic heterocycles. The van der Waals surface area contributed by atoms with Crippen LogP contribution in [0.4, 0.5) is 0 Å². The van der Waals surface area contributed by atoms with Gasteiger partial charge in [0.1, 0.15) is 16.0 Å². The largest absolute Gasteiger partial charge is 0.318 e. The van der Waals surface area contributed by atoms with Gasteiger partial charge in [-0.05, 0) is 24.5 Å². The second-order valence-electron chi connectivity index (χ2n) is 5.62. The van der Waals surface area contributed by atoms with Crippen molar-refractivity contribution in [3.05, 3.63) is 35.4 Å². The summed E-state index contributed by atoms with van der Waals surface area (Å²) < 4.78 is 22.9. The van der Waals surface area contributed by atoms with Gasteiger partial charge in [0.2, 0.25) is 5.91 Å². The first kappa shape index (κ1) is 16.0. The van der Waals surface area contributed by atoms with Crippen molar-refractivity contribution in [2.75, 3.05) is 18.6 Å². The SMILES string of the molecule is CCc1ccc(C2NCC(=O)N2C(C)CS(C)(=O)=O)cc1. The number of sulfone groups is 1. The molecule has 1 saturated heterocycles. The van der Waals surface area contributed by atoms with E-state index in [1.807, 2.05) is 24.3 Å². The van der Waals surface area contributed by atoms with Crippen LogP contribution in [0.1, 0.15) is 31.1 Å². The zero-order chi connectivity index (χ0) is 15.6. The van der Waals surface area contributed by atoms with E-state index in [2.05, 4.69) is 12.2 Å². The molecule has 0 spiro atoms. The van der Waals surface area contributed by atoms with Gasteiger partial charge in [0.05, 0.1) is 12.3 Å². The number of nitrogens with one attached hydrogen (secondary N) is 1. The second-order valence-corrected chi connectivity index (χ2v) is 7.81. The number of carbonyl (C=O) groups excluding carboxylic acids is 1. The van der Waals surface area contributed by atoms with Crippen molar-refractivity contribution >= 4 is 15.7 Å². The Morgan fingerprint density at radius 1 is 1.33 bits per heavy atom. The van der Waals surface area contributed by atoms with Crippen LogP contribution in [-0.4, -0.2) is 43.8 Å². The lowest BCUT2D eigenvalue weighted by Crippen LogP contribution is -2.41. The van der Waals surface area contributed by atoms with Crippen LogP contribution in [0.5, 0.6) is 0 Å². The molecule has 1 aromatic carbocycles. The summed E-state index contributed by atoms with van der Waals surface area (Å²) >= 11 is 0. The lowest BCUT2D eigenvalue weighted by Gasteiger charge is -2.30. The highest BCUT2D eigenvalue weighted by Crippen LogP contribution is 2.25. The number of rotatable bonds is 5. The topological polar surface area (TPSA) is 66.5 Å². The fourth-order valence-electron chi connectivity index (χ4n) is 2.75. The summed E-state index contributed by atoms with van der Waals surface area (Å²) in [6.45, 7) is 4.11. The normalized spacial score (nSPS) is 20.8. The van der Waals surface area contributed by atoms with Crippen molar-refractivity contribution in [2.45, 2.75) is 32.5 Å². The lowest BCUT2D eigenvalue weighted by atomic mass is 10.1. The van der Waals surface area contributed by atoms with Crippen molar-refractivity contribution in [1.82, 2.24) is 10.2 Å². The quantitative estimate of drug-likeness (QED) is 0.885. The average Bonchev–Trinajstić information content (AvgIpc) is 2.79. The van der Waals surface area contributed by atoms with Crippen molar-refractivity contribution in [3.63, 3.8) is 0 Å². The standard InChI is InChI=1S/C15H22N2O3S/c1-4-12-5-7-13(8-6-12)15-16-9-14(18)17(15)11(2)10-21(3,19)20/h5-8,11,15-16H,4,9-10H2,1-3H3. The van der Waals surface area contributed by atoms with Crippen LogP contribution in [0, 0.1) is 0 Å². The average molecular weight is 310 g/mol. The highest BCUT2D eigenvalue weighted by Gasteiger charge is 2.35. The summed E-state index contributed by atoms with van der Waals surface area (Å²) in [4.78, 5) is 13.7. The number of benzene rings is 1. The molecule has 1 aromatic rings. The first-order valence-corrected chi connectivity index (χ1v) is 9.19. The molecular weight excluding hydrogens is 288 g/mol. The summed E-state index contributed by atoms with van der Waals surface area (Å²) in [6, 6.07) is 7.72. The highest BCUT2D eigenvalue weighted by atomic mass is 32.2. The van der Waals surface area contributed by atoms with E-state index in [-0.39, 0.29) is 30.4 Å². The Bertz CT molecular complexity index is 610. The van der Waals surface area contributed by atoms with Gasteiger partial charge in [-0.15, -0.1) is 0 Å². The van der Waals surface area contributed by atoms with Gasteiger partial charge in [0.25, 0.3) is 0 Å². The van der Waals surface area contributed by atoms with Crippen LogP contribution in [0.15, 0.2) is 24.3 Å². The van der Waals surface area contributed by atoms with E-state index in [1.54, 1.807) is 11.8 Å². The molecule has 2 unspecified atom stereocenters. The van der Waals surface area contributed by atoms with Crippen molar-refractivity contribution in [3.8, 4) is 0 Å². The molecule has 0 aliphatic carbocycles. The molecule has 0 saturated carbocycles. The zero-order valence-corrected chi connectivity index (χ0v) is 13.5. The number of aryl methyl sites for hydroxylation is 1. The van der Waals surface area contributed by atoms with Crippen molar-refractivity contribution in [1.29, 1.82) is 0 Å². The fraction of sp³-hybridized carbons (Fsp3) is 0.533. The molecule has 1 amide bonds. The Labute approximate surface area is 126 Å². The maximum absolute atomic E-state index is 12.1. The molecule has 1 heterocycles. The Hall–Kier alpha value is -1.40. The molecule has 2 rings (SSSR count). The number of carbonyl (C=O) groups is 1. The van der Waals surface area contributed by atoms with Crippen LogP contribution in [-0.2, 0) is 21.1 Å². The number of amides is 1. The van der Waals surface area contributed by atoms with Gasteiger partial charge in [-0.25, -0.2) is 8.42 Å². The predicted molar refractivity (Wildman–Crippen MR) is 82.6 cm³/mol. The van der Waals surface area contributed by atoms with E-state index in [0.29, 0.717) is 0 Å². The third-order valence-corrected chi connectivity index (χ3v) is 4.82. The van der Waals surface area contributed by atoms with Gasteiger partial charge >= 0.3 is 0 Å². The summed E-state index contributed by atoms with van der Waals surface area (Å²) in [5, 5.41) is 3.16. The fourth-order valence-corrected chi connectivity index (χ4v) is 3.79. The maximum atomic E-state index is 12.1. The molecular formula is C15H22N2O3S. The summed E-state index contributed by atoms with van der Waals surface area (Å²) in [5.74, 6) is -0.0834. The molecule has 1 N–H and O–H groups in total. The first-order chi connectivity index (χ1) is 9.81. The molecule has 116 valence electrons. The minimum absolute atomic E-state index is 0.0238. The summed E-state index contributed by atoms with van der Waals surface area (Å²) in [5.41, 5.74) is 2.22. The van der Waals surface area contributed by atoms with Gasteiger partial charge in [-0.2, -0.15) is 0 Å². The van der Waals surface area contributed by atoms with Gasteiger partial charge in [0.15, 0.2) is 0 Å². The smallest absolute Gasteiger partial charge is 0.238 e. The van der Waals surface area contributed by atoms with Crippen molar-refractivity contribution < 1.29 is 13.2 Å². The molecule has 1 aliphatic rings. The Morgan fingerprint density at radius 3 is 2.48 bits per heavy atom. The number of hydrogen-bond donors (Lipinski definition) is 1. The Kier molecular flexibility index (Phi) is 4.68. The maximum Gasteiger partial charge on any atom is 0.238 e. The van der Waals surface area contributed by atoms with E-state index in [0.717, 1.165) is 12.0 Å². The monoisotopic (exact) mass is 310 g/mol. The highest BCUT2D eigenvalue weighted by molar-refractivity contribution is 7.90. The van der Waals surface area contributed by atoms with Crippen LogP contribution < -0.4 is 5.32 Å². The zero-order valence-electron chi connectivity index (χ0n) is 12.7. The van der Waals surface area contributed by atoms with Gasteiger partial charge in [-0.3, -0.25) is 10.1 Å². The van der Waals surface area contributed by atoms with Crippen LogP contribution in [0.2, 0.25) is 0 Å². The second kappa shape index (κ2) is 6.15. The van der Waals surface area contributed by atoms with E-state index in [4.69, 9.17) is 0 Å². The van der Waals surface area contributed by atoms with Crippen LogP contribution in [0.25, 0.3) is 0 Å². The molecule has 5 nitrogen and oxygen atoms in total. The Balaban J connectivity index is 2.23.